The van der Waals surface area contributed by atoms with Crippen LogP contribution in [0.3, 0.4) is 0 Å². The molecular formula is C15H34O4Si2. The van der Waals surface area contributed by atoms with Gasteiger partial charge in [0.05, 0.1) is 6.61 Å². The molecule has 0 aromatic carbocycles. The van der Waals surface area contributed by atoms with E-state index in [1.54, 1.807) is 0 Å². The summed E-state index contributed by atoms with van der Waals surface area (Å²) >= 11 is 0. The second-order valence-corrected chi connectivity index (χ2v) is 12.0. The maximum Gasteiger partial charge on any atom is 0.313 e. The smallest absolute Gasteiger partial charge is 0.313 e. The molecule has 0 atom stereocenters. The predicted molar refractivity (Wildman–Crippen MR) is 90.9 cm³/mol. The highest BCUT2D eigenvalue weighted by molar-refractivity contribution is 6.94. The molecule has 0 amide bonds. The minimum atomic E-state index is -1.31. The van der Waals surface area contributed by atoms with E-state index >= 15 is 0 Å². The molecule has 0 bridgehead atoms. The molecule has 0 saturated heterocycles. The van der Waals surface area contributed by atoms with E-state index in [9.17, 15) is 0 Å². The summed E-state index contributed by atoms with van der Waals surface area (Å²) in [6.45, 7) is 14.9. The lowest BCUT2D eigenvalue weighted by Gasteiger charge is -2.35. The van der Waals surface area contributed by atoms with Gasteiger partial charge in [0.15, 0.2) is 0 Å². The molecule has 0 radical (unpaired) electrons. The van der Waals surface area contributed by atoms with Crippen molar-refractivity contribution in [3.05, 3.63) is 0 Å². The van der Waals surface area contributed by atoms with Gasteiger partial charge in [-0.05, 0) is 39.8 Å². The number of rotatable bonds is 13. The second kappa shape index (κ2) is 12.6. The highest BCUT2D eigenvalue weighted by Gasteiger charge is 2.42. The first kappa shape index (κ1) is 21.1. The highest BCUT2D eigenvalue weighted by Crippen LogP contribution is 2.20. The zero-order valence-corrected chi connectivity index (χ0v) is 16.8. The molecule has 0 fully saturated rings. The second-order valence-electron chi connectivity index (χ2n) is 4.72. The van der Waals surface area contributed by atoms with E-state index in [-0.39, 0.29) is 0 Å². The number of ether oxygens (including phenoxy) is 3. The lowest BCUT2D eigenvalue weighted by Crippen LogP contribution is -2.53. The quantitative estimate of drug-likeness (QED) is 0.380. The number of hydrogen-bond acceptors (Lipinski definition) is 4. The van der Waals surface area contributed by atoms with E-state index in [0.717, 1.165) is 0 Å². The van der Waals surface area contributed by atoms with E-state index in [1.807, 2.05) is 20.8 Å². The summed E-state index contributed by atoms with van der Waals surface area (Å²) in [6, 6.07) is 2.48. The summed E-state index contributed by atoms with van der Waals surface area (Å²) in [7, 11) is -1.97. The van der Waals surface area contributed by atoms with Gasteiger partial charge in [0, 0.05) is 27.7 Å². The van der Waals surface area contributed by atoms with Crippen LogP contribution < -0.4 is 0 Å². The van der Waals surface area contributed by atoms with Crippen molar-refractivity contribution in [2.24, 2.45) is 0 Å². The Bertz CT molecular complexity index is 270. The van der Waals surface area contributed by atoms with Crippen LogP contribution in [0.1, 0.15) is 54.4 Å². The van der Waals surface area contributed by atoms with Gasteiger partial charge in [-0.3, -0.25) is 0 Å². The lowest BCUT2D eigenvalue weighted by atomic mass is 10.6. The summed E-state index contributed by atoms with van der Waals surface area (Å²) in [5, 5.41) is 0. The molecule has 6 heteroatoms. The molecule has 4 nitrogen and oxygen atoms in total. The third-order valence-corrected chi connectivity index (χ3v) is 12.2. The van der Waals surface area contributed by atoms with Gasteiger partial charge < -0.3 is 18.6 Å². The average Bonchev–Trinajstić information content (AvgIpc) is 2.45. The molecular weight excluding hydrogens is 300 g/mol. The Morgan fingerprint density at radius 1 is 0.667 bits per heavy atom. The Hall–Kier alpha value is 0.114. The van der Waals surface area contributed by atoms with Crippen LogP contribution in [0.15, 0.2) is 0 Å². The molecule has 126 valence electrons. The van der Waals surface area contributed by atoms with E-state index in [0.29, 0.717) is 26.4 Å². The van der Waals surface area contributed by atoms with Gasteiger partial charge in [-0.2, -0.15) is 0 Å². The van der Waals surface area contributed by atoms with Crippen molar-refractivity contribution in [1.29, 1.82) is 0 Å². The molecule has 0 unspecified atom stereocenters. The maximum atomic E-state index is 6.20. The van der Waals surface area contributed by atoms with Crippen LogP contribution in [0.25, 0.3) is 0 Å². The zero-order valence-electron chi connectivity index (χ0n) is 14.8. The van der Waals surface area contributed by atoms with Gasteiger partial charge in [-0.1, -0.05) is 26.7 Å². The summed E-state index contributed by atoms with van der Waals surface area (Å²) in [5.41, 5.74) is -0.933. The third-order valence-electron chi connectivity index (χ3n) is 2.99. The van der Waals surface area contributed by atoms with Crippen molar-refractivity contribution in [1.82, 2.24) is 0 Å². The zero-order chi connectivity index (χ0) is 16.1. The largest absolute Gasteiger partial charge is 0.548 e. The first-order valence-corrected chi connectivity index (χ1v) is 12.7. The van der Waals surface area contributed by atoms with Gasteiger partial charge in [-0.15, -0.1) is 0 Å². The van der Waals surface area contributed by atoms with Gasteiger partial charge in [0.1, 0.15) is 0 Å². The first-order valence-electron chi connectivity index (χ1n) is 8.42. The molecule has 0 spiro atoms. The molecule has 0 rings (SSSR count). The van der Waals surface area contributed by atoms with Crippen LogP contribution >= 0.6 is 0 Å². The lowest BCUT2D eigenvalue weighted by molar-refractivity contribution is -0.328. The van der Waals surface area contributed by atoms with E-state index < -0.39 is 21.6 Å². The van der Waals surface area contributed by atoms with E-state index in [4.69, 9.17) is 18.6 Å². The van der Waals surface area contributed by atoms with Crippen LogP contribution in [0.2, 0.25) is 12.1 Å². The number of hydrogen-bond donors (Lipinski definition) is 0. The SMILES string of the molecule is CCC[Si](CCC)=[Si](OCC)C(OCC)(OCC)OCC. The Morgan fingerprint density at radius 3 is 1.38 bits per heavy atom. The summed E-state index contributed by atoms with van der Waals surface area (Å²) in [5.74, 6) is 0. The molecule has 0 aromatic heterocycles. The molecule has 0 aliphatic carbocycles. The fourth-order valence-electron chi connectivity index (χ4n) is 2.40. The van der Waals surface area contributed by atoms with Crippen molar-refractivity contribution >= 4 is 16.0 Å². The fraction of sp³-hybridized carbons (Fsp3) is 1.00. The fourth-order valence-corrected chi connectivity index (χ4v) is 12.1. The monoisotopic (exact) mass is 334 g/mol. The molecule has 0 aliphatic rings. The normalized spacial score (nSPS) is 11.5. The van der Waals surface area contributed by atoms with Crippen LogP contribution in [0, 0.1) is 0 Å². The molecule has 0 aromatic rings. The molecule has 0 N–H and O–H groups in total. The maximum absolute atomic E-state index is 6.20. The Balaban J connectivity index is 5.77. The van der Waals surface area contributed by atoms with Crippen LogP contribution in [-0.2, 0) is 18.6 Å². The molecule has 0 heterocycles. The van der Waals surface area contributed by atoms with Gasteiger partial charge >= 0.3 is 13.7 Å². The molecule has 0 saturated carbocycles. The summed E-state index contributed by atoms with van der Waals surface area (Å²) in [4.78, 5) is 0. The Morgan fingerprint density at radius 2 is 1.10 bits per heavy atom. The van der Waals surface area contributed by atoms with Gasteiger partial charge in [-0.25, -0.2) is 0 Å². The minimum Gasteiger partial charge on any atom is -0.548 e. The topological polar surface area (TPSA) is 36.9 Å². The van der Waals surface area contributed by atoms with Crippen LogP contribution in [0.4, 0.5) is 0 Å². The molecule has 0 aliphatic heterocycles. The Labute approximate surface area is 133 Å². The average molecular weight is 335 g/mol. The van der Waals surface area contributed by atoms with Gasteiger partial charge in [0.25, 0.3) is 0 Å². The standard InChI is InChI=1S/C15H34O4Si2/c1-7-13-20(14-8-2)21(19-12-6)15(16-9-3,17-10-4)18-11-5/h7-14H2,1-6H3. The van der Waals surface area contributed by atoms with Gasteiger partial charge in [0.2, 0.25) is 0 Å². The van der Waals surface area contributed by atoms with Crippen molar-refractivity contribution < 1.29 is 18.6 Å². The van der Waals surface area contributed by atoms with Crippen molar-refractivity contribution in [3.8, 4) is 0 Å². The van der Waals surface area contributed by atoms with E-state index in [1.165, 1.54) is 24.9 Å². The third kappa shape index (κ3) is 6.82. The summed E-state index contributed by atoms with van der Waals surface area (Å²) in [6.07, 6.45) is 2.38. The summed E-state index contributed by atoms with van der Waals surface area (Å²) < 4.78 is 24.2. The Kier molecular flexibility index (Phi) is 12.7. The minimum absolute atomic E-state index is 0.578. The first-order chi connectivity index (χ1) is 10.2. The molecule has 21 heavy (non-hydrogen) atoms. The van der Waals surface area contributed by atoms with Crippen LogP contribution in [0.5, 0.6) is 0 Å². The van der Waals surface area contributed by atoms with Crippen molar-refractivity contribution in [3.63, 3.8) is 0 Å². The highest BCUT2D eigenvalue weighted by atomic mass is 28.9. The van der Waals surface area contributed by atoms with Crippen molar-refractivity contribution in [2.75, 3.05) is 26.4 Å². The van der Waals surface area contributed by atoms with E-state index in [2.05, 4.69) is 20.8 Å². The predicted octanol–water partition coefficient (Wildman–Crippen LogP) is 3.71. The van der Waals surface area contributed by atoms with Crippen molar-refractivity contribution in [2.45, 2.75) is 72.1 Å². The van der Waals surface area contributed by atoms with Crippen LogP contribution in [-0.4, -0.2) is 48.0 Å².